The molecule has 0 unspecified atom stereocenters. The van der Waals surface area contributed by atoms with Crippen molar-refractivity contribution in [1.82, 2.24) is 0 Å². The molecule has 5 rings (SSSR count). The second kappa shape index (κ2) is 13.7. The first-order chi connectivity index (χ1) is 22.0. The zero-order valence-corrected chi connectivity index (χ0v) is 27.1. The van der Waals surface area contributed by atoms with Crippen molar-refractivity contribution in [3.63, 3.8) is 0 Å². The van der Waals surface area contributed by atoms with Crippen molar-refractivity contribution in [2.75, 3.05) is 60.2 Å². The number of aryl methyl sites for hydroxylation is 1. The lowest BCUT2D eigenvalue weighted by Crippen LogP contribution is -2.36. The Balaban J connectivity index is 1.48. The van der Waals surface area contributed by atoms with Gasteiger partial charge in [0, 0.05) is 18.7 Å². The van der Waals surface area contributed by atoms with E-state index in [2.05, 4.69) is 14.8 Å². The third-order valence-electron chi connectivity index (χ3n) is 7.32. The summed E-state index contributed by atoms with van der Waals surface area (Å²) in [7, 11) is -5.36. The molecular weight excluding hydrogens is 633 g/mol. The Morgan fingerprint density at radius 3 is 1.93 bits per heavy atom. The normalized spacial score (nSPS) is 13.5. The van der Waals surface area contributed by atoms with Crippen molar-refractivity contribution in [1.29, 1.82) is 0 Å². The Labute approximate surface area is 268 Å². The summed E-state index contributed by atoms with van der Waals surface area (Å²) >= 11 is 0. The molecule has 1 amide bonds. The fourth-order valence-electron chi connectivity index (χ4n) is 4.95. The Morgan fingerprint density at radius 1 is 0.739 bits per heavy atom. The summed E-state index contributed by atoms with van der Waals surface area (Å²) < 4.78 is 74.9. The number of sulfonamides is 2. The molecule has 1 aliphatic rings. The van der Waals surface area contributed by atoms with Crippen LogP contribution in [0.25, 0.3) is 0 Å². The van der Waals surface area contributed by atoms with Gasteiger partial charge < -0.3 is 24.4 Å². The lowest BCUT2D eigenvalue weighted by Gasteiger charge is -2.31. The lowest BCUT2D eigenvalue weighted by molar-refractivity contribution is 0.102. The van der Waals surface area contributed by atoms with E-state index in [1.165, 1.54) is 44.6 Å². The fourth-order valence-corrected chi connectivity index (χ4v) is 7.39. The zero-order chi connectivity index (χ0) is 32.9. The van der Waals surface area contributed by atoms with Gasteiger partial charge in [-0.1, -0.05) is 30.3 Å². The minimum absolute atomic E-state index is 0.0549. The van der Waals surface area contributed by atoms with E-state index in [-0.39, 0.29) is 32.4 Å². The van der Waals surface area contributed by atoms with E-state index in [0.29, 0.717) is 49.1 Å². The van der Waals surface area contributed by atoms with Crippen molar-refractivity contribution >= 4 is 48.7 Å². The van der Waals surface area contributed by atoms with Gasteiger partial charge in [0.05, 0.1) is 60.0 Å². The maximum absolute atomic E-state index is 13.7. The van der Waals surface area contributed by atoms with Gasteiger partial charge in [-0.15, -0.1) is 0 Å². The molecule has 1 heterocycles. The summed E-state index contributed by atoms with van der Waals surface area (Å²) in [6.07, 6.45) is 0. The van der Waals surface area contributed by atoms with Crippen molar-refractivity contribution in [3.05, 3.63) is 96.1 Å². The monoisotopic (exact) mass is 666 g/mol. The van der Waals surface area contributed by atoms with E-state index < -0.39 is 26.0 Å². The maximum Gasteiger partial charge on any atom is 0.262 e. The maximum atomic E-state index is 13.7. The minimum Gasteiger partial charge on any atom is -0.495 e. The van der Waals surface area contributed by atoms with Crippen LogP contribution in [0.4, 0.5) is 22.7 Å². The summed E-state index contributed by atoms with van der Waals surface area (Å²) in [5.41, 5.74) is 1.79. The van der Waals surface area contributed by atoms with Crippen LogP contribution in [0.1, 0.15) is 15.9 Å². The van der Waals surface area contributed by atoms with Crippen LogP contribution < -0.4 is 29.1 Å². The highest BCUT2D eigenvalue weighted by Crippen LogP contribution is 2.33. The molecule has 46 heavy (non-hydrogen) atoms. The lowest BCUT2D eigenvalue weighted by atomic mass is 10.1. The van der Waals surface area contributed by atoms with Crippen molar-refractivity contribution in [2.45, 2.75) is 16.7 Å². The molecule has 12 nitrogen and oxygen atoms in total. The first kappa shape index (κ1) is 32.6. The average Bonchev–Trinajstić information content (AvgIpc) is 3.05. The standard InChI is InChI=1S/C32H34N4O8S2/c1-22-12-13-23(20-31(22)46(40,41)35-26-9-5-7-11-30(26)43-3)32(37)33-27-21-24(14-15-28(27)36-16-18-44-19-17-36)45(38,39)34-25-8-4-6-10-29(25)42-2/h4-15,20-21,34-35H,16-19H2,1-3H3,(H,33,37). The van der Waals surface area contributed by atoms with Gasteiger partial charge in [0.25, 0.3) is 26.0 Å². The van der Waals surface area contributed by atoms with Crippen molar-refractivity contribution < 1.29 is 35.8 Å². The van der Waals surface area contributed by atoms with Crippen LogP contribution in [0.5, 0.6) is 11.5 Å². The van der Waals surface area contributed by atoms with Gasteiger partial charge in [-0.2, -0.15) is 0 Å². The van der Waals surface area contributed by atoms with Crippen LogP contribution in [-0.2, 0) is 24.8 Å². The quantitative estimate of drug-likeness (QED) is 0.207. The largest absolute Gasteiger partial charge is 0.495 e. The number of hydrogen-bond donors (Lipinski definition) is 3. The number of amides is 1. The Hall–Kier alpha value is -4.79. The molecule has 1 saturated heterocycles. The topological polar surface area (TPSA) is 152 Å². The number of ether oxygens (including phenoxy) is 3. The van der Waals surface area contributed by atoms with E-state index >= 15 is 0 Å². The van der Waals surface area contributed by atoms with Gasteiger partial charge >= 0.3 is 0 Å². The van der Waals surface area contributed by atoms with Crippen LogP contribution in [0.2, 0.25) is 0 Å². The van der Waals surface area contributed by atoms with Gasteiger partial charge in [-0.3, -0.25) is 14.2 Å². The Kier molecular flexibility index (Phi) is 9.70. The Bertz CT molecular complexity index is 1960. The second-order valence-corrected chi connectivity index (χ2v) is 13.7. The first-order valence-corrected chi connectivity index (χ1v) is 17.2. The highest BCUT2D eigenvalue weighted by molar-refractivity contribution is 7.93. The number of anilines is 4. The highest BCUT2D eigenvalue weighted by Gasteiger charge is 2.24. The molecule has 0 aliphatic carbocycles. The number of nitrogens with one attached hydrogen (secondary N) is 3. The summed E-state index contributed by atoms with van der Waals surface area (Å²) in [6, 6.07) is 22.0. The molecule has 0 aromatic heterocycles. The van der Waals surface area contributed by atoms with Crippen LogP contribution in [0.3, 0.4) is 0 Å². The molecule has 0 saturated carbocycles. The third-order valence-corrected chi connectivity index (χ3v) is 10.2. The number of nitrogens with zero attached hydrogens (tertiary/aromatic N) is 1. The van der Waals surface area contributed by atoms with E-state index in [9.17, 15) is 21.6 Å². The van der Waals surface area contributed by atoms with Crippen molar-refractivity contribution in [2.24, 2.45) is 0 Å². The molecule has 1 fully saturated rings. The smallest absolute Gasteiger partial charge is 0.262 e. The number of hydrogen-bond acceptors (Lipinski definition) is 9. The number of carbonyl (C=O) groups is 1. The molecule has 0 spiro atoms. The SMILES string of the molecule is COc1ccccc1NS(=O)(=O)c1ccc(N2CCOCC2)c(NC(=O)c2ccc(C)c(S(=O)(=O)Nc3ccccc3OC)c2)c1. The molecule has 4 aromatic carbocycles. The molecule has 0 atom stereocenters. The van der Waals surface area contributed by atoms with Crippen LogP contribution in [-0.4, -0.2) is 63.3 Å². The van der Waals surface area contributed by atoms with Crippen molar-refractivity contribution in [3.8, 4) is 11.5 Å². The molecule has 0 radical (unpaired) electrons. The van der Waals surface area contributed by atoms with Crippen LogP contribution >= 0.6 is 0 Å². The number of carbonyl (C=O) groups excluding carboxylic acids is 1. The molecule has 4 aromatic rings. The molecule has 14 heteroatoms. The molecule has 3 N–H and O–H groups in total. The highest BCUT2D eigenvalue weighted by atomic mass is 32.2. The first-order valence-electron chi connectivity index (χ1n) is 14.2. The van der Waals surface area contributed by atoms with Crippen LogP contribution in [0.15, 0.2) is 94.7 Å². The fraction of sp³-hybridized carbons (Fsp3) is 0.219. The molecule has 242 valence electrons. The predicted molar refractivity (Wildman–Crippen MR) is 176 cm³/mol. The zero-order valence-electron chi connectivity index (χ0n) is 25.4. The van der Waals surface area contributed by atoms with E-state index in [1.807, 2.05) is 4.90 Å². The van der Waals surface area contributed by atoms with Gasteiger partial charge in [-0.25, -0.2) is 16.8 Å². The molecule has 1 aliphatic heterocycles. The van der Waals surface area contributed by atoms with Gasteiger partial charge in [-0.05, 0) is 67.1 Å². The van der Waals surface area contributed by atoms with Gasteiger partial charge in [0.15, 0.2) is 0 Å². The summed E-state index contributed by atoms with van der Waals surface area (Å²) in [6.45, 7) is 3.59. The van der Waals surface area contributed by atoms with E-state index in [0.717, 1.165) is 0 Å². The molecular formula is C32H34N4O8S2. The molecule has 0 bridgehead atoms. The summed E-state index contributed by atoms with van der Waals surface area (Å²) in [5.74, 6) is 0.0497. The number of benzene rings is 4. The number of rotatable bonds is 11. The van der Waals surface area contributed by atoms with Gasteiger partial charge in [0.1, 0.15) is 11.5 Å². The number of para-hydroxylation sites is 4. The van der Waals surface area contributed by atoms with E-state index in [1.54, 1.807) is 61.5 Å². The average molecular weight is 667 g/mol. The second-order valence-electron chi connectivity index (χ2n) is 10.3. The predicted octanol–water partition coefficient (Wildman–Crippen LogP) is 4.70. The van der Waals surface area contributed by atoms with Crippen LogP contribution in [0, 0.1) is 6.92 Å². The Morgan fingerprint density at radius 2 is 1.33 bits per heavy atom. The summed E-state index contributed by atoms with van der Waals surface area (Å²) in [4.78, 5) is 15.4. The number of methoxy groups -OCH3 is 2. The summed E-state index contributed by atoms with van der Waals surface area (Å²) in [5, 5.41) is 2.82. The third kappa shape index (κ3) is 7.19. The number of morpholine rings is 1. The minimum atomic E-state index is -4.12. The van der Waals surface area contributed by atoms with Gasteiger partial charge in [0.2, 0.25) is 0 Å². The van der Waals surface area contributed by atoms with E-state index in [4.69, 9.17) is 14.2 Å².